The van der Waals surface area contributed by atoms with Crippen molar-refractivity contribution in [2.24, 2.45) is 0 Å². The molecule has 1 N–H and O–H groups in total. The first kappa shape index (κ1) is 24.1. The summed E-state index contributed by atoms with van der Waals surface area (Å²) in [6.07, 6.45) is 16.5. The molecule has 0 aliphatic rings. The molecule has 0 aliphatic heterocycles. The smallest absolute Gasteiger partial charge is 0.335 e. The van der Waals surface area contributed by atoms with E-state index in [1.54, 1.807) is 7.11 Å². The Bertz CT molecular complexity index is 328. The molecular formula is C21H40O4. The highest BCUT2D eigenvalue weighted by atomic mass is 16.6. The van der Waals surface area contributed by atoms with Crippen LogP contribution in [-0.4, -0.2) is 37.0 Å². The first-order valence-electron chi connectivity index (χ1n) is 10.2. The Morgan fingerprint density at radius 2 is 1.64 bits per heavy atom. The fourth-order valence-electron chi connectivity index (χ4n) is 2.81. The van der Waals surface area contributed by atoms with E-state index in [-0.39, 0.29) is 12.1 Å². The van der Waals surface area contributed by atoms with Crippen LogP contribution in [0.15, 0.2) is 12.2 Å². The molecule has 25 heavy (non-hydrogen) atoms. The summed E-state index contributed by atoms with van der Waals surface area (Å²) < 4.78 is 10.2. The lowest BCUT2D eigenvalue weighted by atomic mass is 10.1. The number of allylic oxidation sites excluding steroid dienone is 1. The first-order chi connectivity index (χ1) is 12.2. The van der Waals surface area contributed by atoms with Gasteiger partial charge in [0.2, 0.25) is 0 Å². The van der Waals surface area contributed by atoms with Gasteiger partial charge in [-0.15, -0.1) is 0 Å². The Balaban J connectivity index is 3.51. The molecule has 0 rings (SSSR count). The van der Waals surface area contributed by atoms with Crippen LogP contribution in [0, 0.1) is 0 Å². The maximum Gasteiger partial charge on any atom is 0.335 e. The predicted molar refractivity (Wildman–Crippen MR) is 104 cm³/mol. The molecule has 0 bridgehead atoms. The average molecular weight is 357 g/mol. The molecule has 148 valence electrons. The SMILES string of the molecule is CCCCCCC(O)C/C=C\CCCCCCC(OC)C(=O)OCC. The number of carbonyl (C=O) groups is 1. The van der Waals surface area contributed by atoms with Gasteiger partial charge in [-0.25, -0.2) is 4.79 Å². The van der Waals surface area contributed by atoms with Crippen molar-refractivity contribution in [1.29, 1.82) is 0 Å². The van der Waals surface area contributed by atoms with E-state index in [4.69, 9.17) is 9.47 Å². The van der Waals surface area contributed by atoms with E-state index in [2.05, 4.69) is 19.1 Å². The van der Waals surface area contributed by atoms with Crippen LogP contribution in [0.25, 0.3) is 0 Å². The highest BCUT2D eigenvalue weighted by Crippen LogP contribution is 2.12. The van der Waals surface area contributed by atoms with Crippen molar-refractivity contribution in [3.63, 3.8) is 0 Å². The number of aliphatic hydroxyl groups is 1. The van der Waals surface area contributed by atoms with Crippen molar-refractivity contribution in [1.82, 2.24) is 0 Å². The summed E-state index contributed by atoms with van der Waals surface area (Å²) in [6, 6.07) is 0. The molecule has 0 aliphatic carbocycles. The third kappa shape index (κ3) is 15.1. The van der Waals surface area contributed by atoms with Gasteiger partial charge in [-0.2, -0.15) is 0 Å². The van der Waals surface area contributed by atoms with Crippen LogP contribution >= 0.6 is 0 Å². The number of carbonyl (C=O) groups excluding carboxylic acids is 1. The second-order valence-electron chi connectivity index (χ2n) is 6.68. The van der Waals surface area contributed by atoms with Crippen molar-refractivity contribution in [3.8, 4) is 0 Å². The summed E-state index contributed by atoms with van der Waals surface area (Å²) in [4.78, 5) is 11.6. The van der Waals surface area contributed by atoms with Crippen molar-refractivity contribution in [2.45, 2.75) is 103 Å². The molecule has 2 unspecified atom stereocenters. The van der Waals surface area contributed by atoms with Gasteiger partial charge >= 0.3 is 5.97 Å². The second-order valence-corrected chi connectivity index (χ2v) is 6.68. The minimum absolute atomic E-state index is 0.179. The van der Waals surface area contributed by atoms with Crippen LogP contribution < -0.4 is 0 Å². The van der Waals surface area contributed by atoms with Crippen molar-refractivity contribution in [2.75, 3.05) is 13.7 Å². The number of hydrogen-bond acceptors (Lipinski definition) is 4. The minimum atomic E-state index is -0.418. The van der Waals surface area contributed by atoms with Gasteiger partial charge in [0.05, 0.1) is 12.7 Å². The molecule has 0 saturated heterocycles. The van der Waals surface area contributed by atoms with Crippen LogP contribution in [-0.2, 0) is 14.3 Å². The number of hydrogen-bond donors (Lipinski definition) is 1. The molecule has 0 aromatic heterocycles. The second kappa shape index (κ2) is 17.9. The first-order valence-corrected chi connectivity index (χ1v) is 10.2. The number of rotatable bonds is 17. The van der Waals surface area contributed by atoms with Gasteiger partial charge in [0, 0.05) is 7.11 Å². The molecule has 0 radical (unpaired) electrons. The maximum absolute atomic E-state index is 11.6. The van der Waals surface area contributed by atoms with E-state index >= 15 is 0 Å². The van der Waals surface area contributed by atoms with Crippen molar-refractivity contribution < 1.29 is 19.4 Å². The molecule has 0 aromatic rings. The molecular weight excluding hydrogens is 316 g/mol. The third-order valence-corrected chi connectivity index (χ3v) is 4.39. The lowest BCUT2D eigenvalue weighted by molar-refractivity contribution is -0.155. The highest BCUT2D eigenvalue weighted by molar-refractivity contribution is 5.74. The zero-order valence-electron chi connectivity index (χ0n) is 16.7. The lowest BCUT2D eigenvalue weighted by Crippen LogP contribution is -2.25. The number of methoxy groups -OCH3 is 1. The Morgan fingerprint density at radius 3 is 2.32 bits per heavy atom. The summed E-state index contributed by atoms with van der Waals surface area (Å²) in [5, 5.41) is 9.88. The average Bonchev–Trinajstić information content (AvgIpc) is 2.60. The zero-order chi connectivity index (χ0) is 18.8. The van der Waals surface area contributed by atoms with E-state index in [1.807, 2.05) is 6.92 Å². The number of unbranched alkanes of at least 4 members (excludes halogenated alkanes) is 7. The fourth-order valence-corrected chi connectivity index (χ4v) is 2.81. The van der Waals surface area contributed by atoms with Crippen LogP contribution in [0.5, 0.6) is 0 Å². The molecule has 4 heteroatoms. The van der Waals surface area contributed by atoms with E-state index < -0.39 is 6.10 Å². The number of esters is 1. The molecule has 0 heterocycles. The lowest BCUT2D eigenvalue weighted by Gasteiger charge is -2.13. The van der Waals surface area contributed by atoms with Gasteiger partial charge < -0.3 is 14.6 Å². The van der Waals surface area contributed by atoms with Crippen LogP contribution in [0.3, 0.4) is 0 Å². The largest absolute Gasteiger partial charge is 0.464 e. The van der Waals surface area contributed by atoms with Gasteiger partial charge in [0.25, 0.3) is 0 Å². The van der Waals surface area contributed by atoms with Crippen LogP contribution in [0.2, 0.25) is 0 Å². The predicted octanol–water partition coefficient (Wildman–Crippen LogP) is 5.18. The van der Waals surface area contributed by atoms with Gasteiger partial charge in [-0.05, 0) is 39.0 Å². The van der Waals surface area contributed by atoms with E-state index in [0.29, 0.717) is 6.61 Å². The van der Waals surface area contributed by atoms with Gasteiger partial charge in [-0.1, -0.05) is 64.0 Å². The number of aliphatic hydroxyl groups excluding tert-OH is 1. The Hall–Kier alpha value is -0.870. The van der Waals surface area contributed by atoms with E-state index in [0.717, 1.165) is 57.8 Å². The van der Waals surface area contributed by atoms with Crippen LogP contribution in [0.1, 0.15) is 90.9 Å². The summed E-state index contributed by atoms with van der Waals surface area (Å²) >= 11 is 0. The maximum atomic E-state index is 11.6. The monoisotopic (exact) mass is 356 g/mol. The highest BCUT2D eigenvalue weighted by Gasteiger charge is 2.17. The molecule has 0 fully saturated rings. The topological polar surface area (TPSA) is 55.8 Å². The fraction of sp³-hybridized carbons (Fsp3) is 0.857. The van der Waals surface area contributed by atoms with Gasteiger partial charge in [0.1, 0.15) is 0 Å². The summed E-state index contributed by atoms with van der Waals surface area (Å²) in [6.45, 7) is 4.41. The molecule has 0 spiro atoms. The van der Waals surface area contributed by atoms with E-state index in [1.165, 1.54) is 19.3 Å². The Labute approximate surface area is 155 Å². The molecule has 0 aromatic carbocycles. The molecule has 0 saturated carbocycles. The normalized spacial score (nSPS) is 13.9. The van der Waals surface area contributed by atoms with Crippen molar-refractivity contribution >= 4 is 5.97 Å². The van der Waals surface area contributed by atoms with Gasteiger partial charge in [-0.3, -0.25) is 0 Å². The molecule has 0 amide bonds. The zero-order valence-corrected chi connectivity index (χ0v) is 16.7. The van der Waals surface area contributed by atoms with Crippen LogP contribution in [0.4, 0.5) is 0 Å². The molecule has 4 nitrogen and oxygen atoms in total. The Kier molecular flexibility index (Phi) is 17.3. The molecule has 2 atom stereocenters. The summed E-state index contributed by atoms with van der Waals surface area (Å²) in [7, 11) is 1.56. The van der Waals surface area contributed by atoms with E-state index in [9.17, 15) is 9.90 Å². The van der Waals surface area contributed by atoms with Gasteiger partial charge in [0.15, 0.2) is 6.10 Å². The quantitative estimate of drug-likeness (QED) is 0.221. The Morgan fingerprint density at radius 1 is 0.960 bits per heavy atom. The number of ether oxygens (including phenoxy) is 2. The third-order valence-electron chi connectivity index (χ3n) is 4.39. The van der Waals surface area contributed by atoms with Crippen molar-refractivity contribution in [3.05, 3.63) is 12.2 Å². The standard InChI is InChI=1S/C21H40O4/c1-4-6-7-13-16-19(22)17-14-11-9-8-10-12-15-18-20(24-3)21(23)25-5-2/h11,14,19-20,22H,4-10,12-13,15-18H2,1-3H3/b14-11-. The summed E-state index contributed by atoms with van der Waals surface area (Å²) in [5.41, 5.74) is 0. The minimum Gasteiger partial charge on any atom is -0.464 e. The summed E-state index contributed by atoms with van der Waals surface area (Å²) in [5.74, 6) is -0.249.